The van der Waals surface area contributed by atoms with Crippen molar-refractivity contribution in [2.75, 3.05) is 0 Å². The molecule has 5 nitrogen and oxygen atoms in total. The summed E-state index contributed by atoms with van der Waals surface area (Å²) < 4.78 is 1.50. The minimum absolute atomic E-state index is 0.163. The molecule has 3 heterocycles. The van der Waals surface area contributed by atoms with Crippen molar-refractivity contribution in [3.05, 3.63) is 111 Å². The van der Waals surface area contributed by atoms with E-state index in [0.717, 1.165) is 10.9 Å². The molecule has 6 rings (SSSR count). The van der Waals surface area contributed by atoms with Crippen molar-refractivity contribution < 1.29 is 5.11 Å². The number of hydrogen-bond donors (Lipinski definition) is 1. The predicted octanol–water partition coefficient (Wildman–Crippen LogP) is 4.38. The van der Waals surface area contributed by atoms with E-state index in [1.165, 1.54) is 4.57 Å². The third kappa shape index (κ3) is 2.64. The van der Waals surface area contributed by atoms with Gasteiger partial charge in [0.05, 0.1) is 22.1 Å². The number of pyridine rings is 1. The van der Waals surface area contributed by atoms with Crippen LogP contribution in [0.15, 0.2) is 83.7 Å². The quantitative estimate of drug-likeness (QED) is 0.455. The second kappa shape index (κ2) is 6.48. The molecule has 31 heavy (non-hydrogen) atoms. The van der Waals surface area contributed by atoms with E-state index in [4.69, 9.17) is 21.6 Å². The van der Waals surface area contributed by atoms with Gasteiger partial charge >= 0.3 is 0 Å². The Balaban J connectivity index is 1.62. The molecule has 2 aromatic heterocycles. The lowest BCUT2D eigenvalue weighted by Gasteiger charge is -2.23. The molecule has 0 saturated heterocycles. The Morgan fingerprint density at radius 3 is 2.55 bits per heavy atom. The number of aromatic nitrogens is 3. The van der Waals surface area contributed by atoms with E-state index < -0.39 is 5.60 Å². The summed E-state index contributed by atoms with van der Waals surface area (Å²) in [4.78, 5) is 22.8. The van der Waals surface area contributed by atoms with Crippen LogP contribution in [0.5, 0.6) is 0 Å². The lowest BCUT2D eigenvalue weighted by Crippen LogP contribution is -2.32. The van der Waals surface area contributed by atoms with Gasteiger partial charge in [0.2, 0.25) is 0 Å². The first kappa shape index (κ1) is 18.2. The van der Waals surface area contributed by atoms with Crippen molar-refractivity contribution in [1.29, 1.82) is 0 Å². The molecule has 6 heteroatoms. The van der Waals surface area contributed by atoms with Crippen LogP contribution in [0.25, 0.3) is 27.5 Å². The van der Waals surface area contributed by atoms with Gasteiger partial charge < -0.3 is 5.11 Å². The summed E-state index contributed by atoms with van der Waals surface area (Å²) in [7, 11) is 0. The van der Waals surface area contributed by atoms with Gasteiger partial charge in [0.25, 0.3) is 5.56 Å². The minimum Gasteiger partial charge on any atom is -0.377 e. The number of halogens is 1. The van der Waals surface area contributed by atoms with E-state index in [9.17, 15) is 9.90 Å². The van der Waals surface area contributed by atoms with E-state index in [-0.39, 0.29) is 17.8 Å². The molecule has 1 atom stereocenters. The molecular weight excluding hydrogens is 410 g/mol. The Morgan fingerprint density at radius 2 is 1.68 bits per heavy atom. The van der Waals surface area contributed by atoms with E-state index in [0.29, 0.717) is 32.9 Å². The lowest BCUT2D eigenvalue weighted by atomic mass is 9.89. The molecule has 3 aromatic carbocycles. The molecule has 1 aliphatic rings. The maximum absolute atomic E-state index is 13.3. The molecule has 0 spiro atoms. The smallest absolute Gasteiger partial charge is 0.266 e. The van der Waals surface area contributed by atoms with Gasteiger partial charge in [-0.3, -0.25) is 14.3 Å². The van der Waals surface area contributed by atoms with Crippen LogP contribution in [0.2, 0.25) is 5.02 Å². The van der Waals surface area contributed by atoms with Gasteiger partial charge in [-0.25, -0.2) is 4.98 Å². The van der Waals surface area contributed by atoms with Crippen LogP contribution in [-0.4, -0.2) is 19.6 Å². The molecule has 0 bridgehead atoms. The Bertz CT molecular complexity index is 1580. The number of hydrogen-bond acceptors (Lipinski definition) is 4. The van der Waals surface area contributed by atoms with Gasteiger partial charge in [-0.2, -0.15) is 0 Å². The zero-order valence-corrected chi connectivity index (χ0v) is 17.0. The number of rotatable bonds is 2. The van der Waals surface area contributed by atoms with Gasteiger partial charge in [0.15, 0.2) is 11.4 Å². The molecule has 0 radical (unpaired) electrons. The number of aliphatic hydroxyl groups is 1. The highest BCUT2D eigenvalue weighted by Gasteiger charge is 2.45. The Labute approximate surface area is 182 Å². The van der Waals surface area contributed by atoms with E-state index in [2.05, 4.69) is 0 Å². The third-order valence-electron chi connectivity index (χ3n) is 5.88. The first-order valence-corrected chi connectivity index (χ1v) is 10.3. The van der Waals surface area contributed by atoms with Gasteiger partial charge in [0.1, 0.15) is 0 Å². The molecule has 0 saturated carbocycles. The van der Waals surface area contributed by atoms with Gasteiger partial charge in [-0.15, -0.1) is 0 Å². The fourth-order valence-corrected chi connectivity index (χ4v) is 4.60. The molecule has 150 valence electrons. The van der Waals surface area contributed by atoms with Gasteiger partial charge in [0, 0.05) is 28.1 Å². The van der Waals surface area contributed by atoms with E-state index in [1.54, 1.807) is 36.4 Å². The number of para-hydroxylation sites is 2. The summed E-state index contributed by atoms with van der Waals surface area (Å²) in [5.41, 5.74) is 1.47. The van der Waals surface area contributed by atoms with Gasteiger partial charge in [-0.1, -0.05) is 48.0 Å². The number of benzene rings is 3. The summed E-state index contributed by atoms with van der Waals surface area (Å²) in [5.74, 6) is 0.281. The summed E-state index contributed by atoms with van der Waals surface area (Å²) in [6, 6.07) is 24.0. The Kier molecular flexibility index (Phi) is 3.81. The maximum atomic E-state index is 13.3. The van der Waals surface area contributed by atoms with Crippen LogP contribution in [0.3, 0.4) is 0 Å². The molecule has 0 amide bonds. The normalized spacial score (nSPS) is 17.1. The van der Waals surface area contributed by atoms with Gasteiger partial charge in [-0.05, 0) is 42.5 Å². The van der Waals surface area contributed by atoms with Crippen molar-refractivity contribution >= 4 is 33.4 Å². The monoisotopic (exact) mass is 425 g/mol. The third-order valence-corrected chi connectivity index (χ3v) is 6.12. The SMILES string of the molecule is O=c1c2ccccc2nc2n1-c1ccc(Cl)cc1C2(O)Cc1ccc2ccccc2n1. The molecule has 1 aliphatic heterocycles. The zero-order valence-electron chi connectivity index (χ0n) is 16.3. The van der Waals surface area contributed by atoms with Crippen molar-refractivity contribution in [3.63, 3.8) is 0 Å². The second-order valence-electron chi connectivity index (χ2n) is 7.79. The highest BCUT2D eigenvalue weighted by molar-refractivity contribution is 6.30. The molecule has 5 aromatic rings. The highest BCUT2D eigenvalue weighted by Crippen LogP contribution is 2.42. The minimum atomic E-state index is -1.54. The summed E-state index contributed by atoms with van der Waals surface area (Å²) in [5, 5.41) is 14.0. The number of nitrogens with zero attached hydrogens (tertiary/aromatic N) is 3. The first-order chi connectivity index (χ1) is 15.0. The first-order valence-electron chi connectivity index (χ1n) is 9.94. The predicted molar refractivity (Wildman–Crippen MR) is 121 cm³/mol. The zero-order chi connectivity index (χ0) is 21.2. The van der Waals surface area contributed by atoms with Crippen molar-refractivity contribution in [3.8, 4) is 5.69 Å². The molecular formula is C25H16ClN3O2. The highest BCUT2D eigenvalue weighted by atomic mass is 35.5. The van der Waals surface area contributed by atoms with Crippen molar-refractivity contribution in [1.82, 2.24) is 14.5 Å². The van der Waals surface area contributed by atoms with Crippen molar-refractivity contribution in [2.45, 2.75) is 12.0 Å². The fourth-order valence-electron chi connectivity index (χ4n) is 4.43. The van der Waals surface area contributed by atoms with Crippen LogP contribution in [0.1, 0.15) is 17.1 Å². The second-order valence-corrected chi connectivity index (χ2v) is 8.22. The molecule has 0 aliphatic carbocycles. The van der Waals surface area contributed by atoms with E-state index >= 15 is 0 Å². The van der Waals surface area contributed by atoms with Crippen molar-refractivity contribution in [2.24, 2.45) is 0 Å². The number of fused-ring (bicyclic) bond motifs is 5. The standard InChI is InChI=1S/C25H16ClN3O2/c26-16-10-12-22-19(13-16)25(31,14-17-11-9-15-5-1-3-7-20(15)27-17)24-28-21-8-4-2-6-18(21)23(30)29(22)24/h1-13,31H,14H2. The Morgan fingerprint density at radius 1 is 0.903 bits per heavy atom. The van der Waals surface area contributed by atoms with Crippen LogP contribution in [0.4, 0.5) is 0 Å². The molecule has 0 fully saturated rings. The van der Waals surface area contributed by atoms with Crippen LogP contribution < -0.4 is 5.56 Å². The summed E-state index contributed by atoms with van der Waals surface area (Å²) in [6.07, 6.45) is 0.163. The average Bonchev–Trinajstić information content (AvgIpc) is 3.02. The molecule has 1 unspecified atom stereocenters. The van der Waals surface area contributed by atoms with Crippen LogP contribution >= 0.6 is 11.6 Å². The average molecular weight is 426 g/mol. The van der Waals surface area contributed by atoms with Crippen LogP contribution in [-0.2, 0) is 12.0 Å². The summed E-state index contributed by atoms with van der Waals surface area (Å²) in [6.45, 7) is 0. The lowest BCUT2D eigenvalue weighted by molar-refractivity contribution is 0.0764. The Hall–Kier alpha value is -3.54. The molecule has 1 N–H and O–H groups in total. The fraction of sp³-hybridized carbons (Fsp3) is 0.0800. The van der Waals surface area contributed by atoms with Crippen LogP contribution in [0, 0.1) is 0 Å². The van der Waals surface area contributed by atoms with E-state index in [1.807, 2.05) is 42.5 Å². The topological polar surface area (TPSA) is 68.0 Å². The largest absolute Gasteiger partial charge is 0.377 e. The summed E-state index contributed by atoms with van der Waals surface area (Å²) >= 11 is 6.28. The maximum Gasteiger partial charge on any atom is 0.266 e.